The summed E-state index contributed by atoms with van der Waals surface area (Å²) in [4.78, 5) is 2.02. The van der Waals surface area contributed by atoms with Crippen LogP contribution in [0.1, 0.15) is 0 Å². The van der Waals surface area contributed by atoms with E-state index in [0.717, 1.165) is 33.2 Å². The molecule has 33 heavy (non-hydrogen) atoms. The molecule has 0 saturated carbocycles. The summed E-state index contributed by atoms with van der Waals surface area (Å²) in [6.45, 7) is 0. The van der Waals surface area contributed by atoms with Gasteiger partial charge in [0.15, 0.2) is 0 Å². The Kier molecular flexibility index (Phi) is 5.80. The van der Waals surface area contributed by atoms with Crippen molar-refractivity contribution in [3.63, 3.8) is 0 Å². The Morgan fingerprint density at radius 1 is 0.758 bits per heavy atom. The summed E-state index contributed by atoms with van der Waals surface area (Å²) in [6, 6.07) is 25.3. The number of rotatable bonds is 5. The largest absolute Gasteiger partial charge is 0.534 e. The molecule has 0 amide bonds. The lowest BCUT2D eigenvalue weighted by Crippen LogP contribution is -2.28. The predicted octanol–water partition coefficient (Wildman–Crippen LogP) is 6.47. The maximum absolute atomic E-state index is 12.7. The molecule has 0 radical (unpaired) electrons. The molecule has 0 N–H and O–H groups in total. The fourth-order valence-electron chi connectivity index (χ4n) is 3.57. The van der Waals surface area contributed by atoms with E-state index in [2.05, 4.69) is 10.2 Å². The molecule has 4 aromatic rings. The van der Waals surface area contributed by atoms with Gasteiger partial charge in [-0.1, -0.05) is 54.6 Å². The van der Waals surface area contributed by atoms with E-state index in [4.69, 9.17) is 0 Å². The van der Waals surface area contributed by atoms with E-state index < -0.39 is 21.4 Å². The van der Waals surface area contributed by atoms with Crippen LogP contribution in [0.4, 0.5) is 18.9 Å². The fraction of sp³-hybridized carbons (Fsp3) is 0.120. The van der Waals surface area contributed by atoms with Gasteiger partial charge in [0.05, 0.1) is 0 Å². The molecule has 4 nitrogen and oxygen atoms in total. The number of nitrogens with zero attached hydrogens (tertiary/aromatic N) is 1. The third-order valence-corrected chi connectivity index (χ3v) is 6.19. The van der Waals surface area contributed by atoms with E-state index in [1.807, 2.05) is 73.6 Å². The molecule has 0 aliphatic carbocycles. The van der Waals surface area contributed by atoms with Gasteiger partial charge in [0.1, 0.15) is 5.75 Å². The van der Waals surface area contributed by atoms with Crippen molar-refractivity contribution in [2.24, 2.45) is 0 Å². The standard InChI is InChI=1S/C25H20F3NO3S/c1-29(2)21-9-3-6-17(15-21)18-12-13-24-19(14-18)8-5-11-23(24)20-7-4-10-22(16-20)32-33(30,31)25(26,27)28/h3-16H,1-2H3. The second-order valence-corrected chi connectivity index (χ2v) is 9.24. The van der Waals surface area contributed by atoms with Gasteiger partial charge in [0, 0.05) is 19.8 Å². The van der Waals surface area contributed by atoms with Gasteiger partial charge < -0.3 is 9.08 Å². The first-order chi connectivity index (χ1) is 15.5. The lowest BCUT2D eigenvalue weighted by Gasteiger charge is -2.14. The quantitative estimate of drug-likeness (QED) is 0.247. The van der Waals surface area contributed by atoms with Crippen LogP contribution in [0.2, 0.25) is 0 Å². The predicted molar refractivity (Wildman–Crippen MR) is 125 cm³/mol. The van der Waals surface area contributed by atoms with Crippen LogP contribution in [0.5, 0.6) is 5.75 Å². The van der Waals surface area contributed by atoms with Crippen molar-refractivity contribution in [1.29, 1.82) is 0 Å². The Morgan fingerprint density at radius 3 is 2.15 bits per heavy atom. The third kappa shape index (κ3) is 4.66. The van der Waals surface area contributed by atoms with E-state index in [0.29, 0.717) is 5.56 Å². The van der Waals surface area contributed by atoms with Gasteiger partial charge in [-0.2, -0.15) is 21.6 Å². The third-order valence-electron chi connectivity index (χ3n) is 5.21. The summed E-state index contributed by atoms with van der Waals surface area (Å²) in [6.07, 6.45) is 0. The highest BCUT2D eigenvalue weighted by Gasteiger charge is 2.48. The highest BCUT2D eigenvalue weighted by Crippen LogP contribution is 2.35. The van der Waals surface area contributed by atoms with Gasteiger partial charge in [-0.3, -0.25) is 0 Å². The molecule has 0 bridgehead atoms. The van der Waals surface area contributed by atoms with Gasteiger partial charge in [-0.25, -0.2) is 0 Å². The second kappa shape index (κ2) is 8.44. The van der Waals surface area contributed by atoms with E-state index in [9.17, 15) is 21.6 Å². The Hall–Kier alpha value is -3.52. The molecule has 0 saturated heterocycles. The fourth-order valence-corrected chi connectivity index (χ4v) is 4.02. The van der Waals surface area contributed by atoms with Crippen LogP contribution in [0.25, 0.3) is 33.0 Å². The maximum Gasteiger partial charge on any atom is 0.534 e. The van der Waals surface area contributed by atoms with Crippen LogP contribution < -0.4 is 9.08 Å². The smallest absolute Gasteiger partial charge is 0.378 e. The summed E-state index contributed by atoms with van der Waals surface area (Å²) in [5.74, 6) is -0.404. The minimum Gasteiger partial charge on any atom is -0.378 e. The lowest BCUT2D eigenvalue weighted by atomic mass is 9.95. The Morgan fingerprint density at radius 2 is 1.42 bits per heavy atom. The summed E-state index contributed by atoms with van der Waals surface area (Å²) < 4.78 is 65.1. The molecule has 0 aliphatic rings. The average molecular weight is 472 g/mol. The number of hydrogen-bond donors (Lipinski definition) is 0. The molecule has 0 spiro atoms. The molecule has 4 rings (SSSR count). The number of alkyl halides is 3. The molecule has 0 fully saturated rings. The van der Waals surface area contributed by atoms with Crippen molar-refractivity contribution in [2.75, 3.05) is 19.0 Å². The molecule has 0 aromatic heterocycles. The van der Waals surface area contributed by atoms with Crippen LogP contribution >= 0.6 is 0 Å². The molecule has 0 heterocycles. The van der Waals surface area contributed by atoms with Gasteiger partial charge in [-0.05, 0) is 63.4 Å². The summed E-state index contributed by atoms with van der Waals surface area (Å²) in [7, 11) is -1.79. The minimum absolute atomic E-state index is 0.404. The Bertz CT molecular complexity index is 1430. The monoisotopic (exact) mass is 471 g/mol. The molecule has 0 atom stereocenters. The average Bonchev–Trinajstić information content (AvgIpc) is 2.77. The molecular formula is C25H20F3NO3S. The van der Waals surface area contributed by atoms with E-state index in [-0.39, 0.29) is 0 Å². The molecule has 4 aromatic carbocycles. The van der Waals surface area contributed by atoms with Crippen molar-refractivity contribution in [3.8, 4) is 28.0 Å². The van der Waals surface area contributed by atoms with Crippen LogP contribution in [0, 0.1) is 0 Å². The molecule has 0 unspecified atom stereocenters. The van der Waals surface area contributed by atoms with E-state index in [1.54, 1.807) is 6.07 Å². The van der Waals surface area contributed by atoms with Crippen LogP contribution in [-0.2, 0) is 10.1 Å². The van der Waals surface area contributed by atoms with E-state index in [1.165, 1.54) is 18.2 Å². The van der Waals surface area contributed by atoms with E-state index >= 15 is 0 Å². The Balaban J connectivity index is 1.74. The molecule has 0 aliphatic heterocycles. The van der Waals surface area contributed by atoms with Crippen LogP contribution in [0.15, 0.2) is 84.9 Å². The van der Waals surface area contributed by atoms with Crippen LogP contribution in [0.3, 0.4) is 0 Å². The van der Waals surface area contributed by atoms with Gasteiger partial charge in [0.2, 0.25) is 0 Å². The van der Waals surface area contributed by atoms with Crippen molar-refractivity contribution < 1.29 is 25.8 Å². The SMILES string of the molecule is CN(C)c1cccc(-c2ccc3c(-c4cccc(OS(=O)(=O)C(F)(F)F)c4)cccc3c2)c1. The first-order valence-electron chi connectivity index (χ1n) is 9.97. The van der Waals surface area contributed by atoms with Crippen LogP contribution in [-0.4, -0.2) is 28.0 Å². The first kappa shape index (κ1) is 22.7. The van der Waals surface area contributed by atoms with Gasteiger partial charge >= 0.3 is 15.6 Å². The highest BCUT2D eigenvalue weighted by molar-refractivity contribution is 7.88. The zero-order chi connectivity index (χ0) is 23.8. The molecule has 8 heteroatoms. The second-order valence-electron chi connectivity index (χ2n) is 7.70. The number of hydrogen-bond acceptors (Lipinski definition) is 4. The van der Waals surface area contributed by atoms with Crippen molar-refractivity contribution in [1.82, 2.24) is 0 Å². The topological polar surface area (TPSA) is 46.6 Å². The number of halogens is 3. The first-order valence-corrected chi connectivity index (χ1v) is 11.4. The molecule has 170 valence electrons. The summed E-state index contributed by atoms with van der Waals surface area (Å²) >= 11 is 0. The Labute approximate surface area is 190 Å². The summed E-state index contributed by atoms with van der Waals surface area (Å²) in [5, 5.41) is 1.82. The number of anilines is 1. The van der Waals surface area contributed by atoms with Gasteiger partial charge in [-0.15, -0.1) is 0 Å². The zero-order valence-electron chi connectivity index (χ0n) is 17.8. The van der Waals surface area contributed by atoms with Crippen molar-refractivity contribution >= 4 is 26.6 Å². The number of benzene rings is 4. The van der Waals surface area contributed by atoms with Gasteiger partial charge in [0.25, 0.3) is 0 Å². The molecular weight excluding hydrogens is 451 g/mol. The highest BCUT2D eigenvalue weighted by atomic mass is 32.2. The van der Waals surface area contributed by atoms with Crippen molar-refractivity contribution in [3.05, 3.63) is 84.9 Å². The van der Waals surface area contributed by atoms with Crippen molar-refractivity contribution in [2.45, 2.75) is 5.51 Å². The lowest BCUT2D eigenvalue weighted by molar-refractivity contribution is -0.0500. The maximum atomic E-state index is 12.7. The summed E-state index contributed by atoms with van der Waals surface area (Å²) in [5.41, 5.74) is -1.05. The normalized spacial score (nSPS) is 12.0. The zero-order valence-corrected chi connectivity index (χ0v) is 18.6. The number of fused-ring (bicyclic) bond motifs is 1. The minimum atomic E-state index is -5.74.